The minimum absolute atomic E-state index is 0.110. The lowest BCUT2D eigenvalue weighted by molar-refractivity contribution is -0.137. The Hall–Kier alpha value is -3.43. The molecule has 0 radical (unpaired) electrons. The van der Waals surface area contributed by atoms with E-state index in [1.54, 1.807) is 0 Å². The molecule has 0 atom stereocenters. The van der Waals surface area contributed by atoms with Crippen LogP contribution in [0.4, 0.5) is 30.6 Å². The van der Waals surface area contributed by atoms with Crippen molar-refractivity contribution in [3.63, 3.8) is 0 Å². The lowest BCUT2D eigenvalue weighted by Gasteiger charge is -2.12. The van der Waals surface area contributed by atoms with Crippen LogP contribution < -0.4 is 10.6 Å². The second-order valence-electron chi connectivity index (χ2n) is 4.89. The normalized spacial score (nSPS) is 11.2. The monoisotopic (exact) mass is 348 g/mol. The summed E-state index contributed by atoms with van der Waals surface area (Å²) in [7, 11) is 0. The number of halogens is 3. The SMILES string of the molecule is O=C(Nc1ncn[nH]1)c1cccnc1Nc1cccc(C(F)(F)F)c1. The predicted octanol–water partition coefficient (Wildman–Crippen LogP) is 3.21. The number of alkyl halides is 3. The predicted molar refractivity (Wildman–Crippen MR) is 83.3 cm³/mol. The van der Waals surface area contributed by atoms with Crippen LogP contribution in [0.15, 0.2) is 48.9 Å². The van der Waals surface area contributed by atoms with Crippen LogP contribution in [0, 0.1) is 0 Å². The topological polar surface area (TPSA) is 95.6 Å². The first-order valence-corrected chi connectivity index (χ1v) is 6.99. The van der Waals surface area contributed by atoms with Crippen LogP contribution in [0.5, 0.6) is 0 Å². The van der Waals surface area contributed by atoms with Crippen LogP contribution in [0.2, 0.25) is 0 Å². The summed E-state index contributed by atoms with van der Waals surface area (Å²) < 4.78 is 38.4. The number of aromatic nitrogens is 4. The number of hydrogen-bond acceptors (Lipinski definition) is 5. The Morgan fingerprint density at radius 1 is 1.12 bits per heavy atom. The van der Waals surface area contributed by atoms with Gasteiger partial charge in [-0.2, -0.15) is 23.3 Å². The van der Waals surface area contributed by atoms with Gasteiger partial charge in [-0.25, -0.2) is 10.1 Å². The number of aromatic amines is 1. The molecule has 1 amide bonds. The summed E-state index contributed by atoms with van der Waals surface area (Å²) in [6.07, 6.45) is -1.82. The number of rotatable bonds is 4. The van der Waals surface area contributed by atoms with Gasteiger partial charge in [0.1, 0.15) is 12.1 Å². The van der Waals surface area contributed by atoms with Crippen molar-refractivity contribution < 1.29 is 18.0 Å². The van der Waals surface area contributed by atoms with Crippen LogP contribution >= 0.6 is 0 Å². The van der Waals surface area contributed by atoms with Crippen molar-refractivity contribution in [2.24, 2.45) is 0 Å². The molecule has 0 aliphatic rings. The highest BCUT2D eigenvalue weighted by molar-refractivity contribution is 6.07. The molecule has 0 saturated heterocycles. The molecule has 0 aliphatic heterocycles. The summed E-state index contributed by atoms with van der Waals surface area (Å²) in [4.78, 5) is 20.1. The van der Waals surface area contributed by atoms with E-state index in [1.807, 2.05) is 0 Å². The summed E-state index contributed by atoms with van der Waals surface area (Å²) in [5, 5.41) is 11.3. The highest BCUT2D eigenvalue weighted by atomic mass is 19.4. The number of nitrogens with one attached hydrogen (secondary N) is 3. The zero-order valence-electron chi connectivity index (χ0n) is 12.5. The highest BCUT2D eigenvalue weighted by Crippen LogP contribution is 2.31. The quantitative estimate of drug-likeness (QED) is 0.673. The van der Waals surface area contributed by atoms with Crippen LogP contribution in [0.3, 0.4) is 0 Å². The summed E-state index contributed by atoms with van der Waals surface area (Å²) >= 11 is 0. The van der Waals surface area contributed by atoms with Gasteiger partial charge < -0.3 is 5.32 Å². The molecule has 25 heavy (non-hydrogen) atoms. The molecule has 2 heterocycles. The van der Waals surface area contributed by atoms with Gasteiger partial charge in [-0.3, -0.25) is 10.1 Å². The summed E-state index contributed by atoms with van der Waals surface area (Å²) in [5.41, 5.74) is -0.514. The fourth-order valence-electron chi connectivity index (χ4n) is 2.04. The molecule has 3 rings (SSSR count). The first kappa shape index (κ1) is 16.4. The molecule has 0 bridgehead atoms. The van der Waals surface area contributed by atoms with Gasteiger partial charge in [-0.05, 0) is 30.3 Å². The number of benzene rings is 1. The fraction of sp³-hybridized carbons (Fsp3) is 0.0667. The summed E-state index contributed by atoms with van der Waals surface area (Å²) in [5.74, 6) is -0.294. The van der Waals surface area contributed by atoms with E-state index in [2.05, 4.69) is 30.8 Å². The largest absolute Gasteiger partial charge is 0.416 e. The first-order chi connectivity index (χ1) is 11.9. The lowest BCUT2D eigenvalue weighted by atomic mass is 10.2. The minimum Gasteiger partial charge on any atom is -0.340 e. The second kappa shape index (κ2) is 6.59. The van der Waals surface area contributed by atoms with Crippen LogP contribution in [0.25, 0.3) is 0 Å². The third-order valence-electron chi connectivity index (χ3n) is 3.15. The molecule has 128 valence electrons. The van der Waals surface area contributed by atoms with Gasteiger partial charge in [-0.1, -0.05) is 6.07 Å². The van der Waals surface area contributed by atoms with Gasteiger partial charge in [-0.15, -0.1) is 0 Å². The number of hydrogen-bond donors (Lipinski definition) is 3. The third-order valence-corrected chi connectivity index (χ3v) is 3.15. The summed E-state index contributed by atoms with van der Waals surface area (Å²) in [6.45, 7) is 0. The summed E-state index contributed by atoms with van der Waals surface area (Å²) in [6, 6.07) is 7.62. The van der Waals surface area contributed by atoms with Gasteiger partial charge in [0.05, 0.1) is 11.1 Å². The minimum atomic E-state index is -4.46. The molecular formula is C15H11F3N6O. The van der Waals surface area contributed by atoms with E-state index in [4.69, 9.17) is 0 Å². The number of carbonyl (C=O) groups is 1. The molecule has 3 N–H and O–H groups in total. The molecular weight excluding hydrogens is 337 g/mol. The average molecular weight is 348 g/mol. The number of nitrogens with zero attached hydrogens (tertiary/aromatic N) is 3. The zero-order valence-corrected chi connectivity index (χ0v) is 12.5. The molecule has 3 aromatic rings. The van der Waals surface area contributed by atoms with Gasteiger partial charge in [0, 0.05) is 11.9 Å². The van der Waals surface area contributed by atoms with E-state index in [1.165, 1.54) is 36.8 Å². The van der Waals surface area contributed by atoms with Gasteiger partial charge in [0.2, 0.25) is 5.95 Å². The second-order valence-corrected chi connectivity index (χ2v) is 4.89. The van der Waals surface area contributed by atoms with E-state index in [0.29, 0.717) is 0 Å². The maximum absolute atomic E-state index is 12.8. The highest BCUT2D eigenvalue weighted by Gasteiger charge is 2.30. The molecule has 1 aromatic carbocycles. The zero-order chi connectivity index (χ0) is 17.9. The molecule has 2 aromatic heterocycles. The van der Waals surface area contributed by atoms with Gasteiger partial charge in [0.25, 0.3) is 5.91 Å². The van der Waals surface area contributed by atoms with Crippen molar-refractivity contribution in [1.29, 1.82) is 0 Å². The van der Waals surface area contributed by atoms with Crippen molar-refractivity contribution in [1.82, 2.24) is 20.2 Å². The molecule has 0 spiro atoms. The Kier molecular flexibility index (Phi) is 4.33. The van der Waals surface area contributed by atoms with Crippen molar-refractivity contribution in [2.45, 2.75) is 6.18 Å². The molecule has 10 heteroatoms. The Labute approximate surface area is 139 Å². The Morgan fingerprint density at radius 2 is 1.96 bits per heavy atom. The number of anilines is 3. The molecule has 0 unspecified atom stereocenters. The van der Waals surface area contributed by atoms with E-state index >= 15 is 0 Å². The van der Waals surface area contributed by atoms with Crippen LogP contribution in [-0.4, -0.2) is 26.1 Å². The van der Waals surface area contributed by atoms with Gasteiger partial charge in [0.15, 0.2) is 0 Å². The van der Waals surface area contributed by atoms with Crippen molar-refractivity contribution in [3.8, 4) is 0 Å². The maximum Gasteiger partial charge on any atom is 0.416 e. The lowest BCUT2D eigenvalue weighted by Crippen LogP contribution is -2.15. The Morgan fingerprint density at radius 3 is 2.68 bits per heavy atom. The maximum atomic E-state index is 12.8. The first-order valence-electron chi connectivity index (χ1n) is 6.99. The van der Waals surface area contributed by atoms with Crippen molar-refractivity contribution in [3.05, 3.63) is 60.0 Å². The standard InChI is InChI=1S/C15H11F3N6O/c16-15(17,18)9-3-1-4-10(7-9)22-12-11(5-2-6-19-12)13(25)23-14-20-8-21-24-14/h1-8H,(H,19,22)(H2,20,21,23,24,25). The molecule has 0 saturated carbocycles. The third kappa shape index (κ3) is 3.91. The molecule has 7 nitrogen and oxygen atoms in total. The number of pyridine rings is 1. The number of H-pyrrole nitrogens is 1. The number of carbonyl (C=O) groups excluding carboxylic acids is 1. The van der Waals surface area contributed by atoms with E-state index in [-0.39, 0.29) is 23.0 Å². The fourth-order valence-corrected chi connectivity index (χ4v) is 2.04. The van der Waals surface area contributed by atoms with E-state index in [9.17, 15) is 18.0 Å². The number of amides is 1. The van der Waals surface area contributed by atoms with E-state index < -0.39 is 17.6 Å². The Bertz CT molecular complexity index is 879. The van der Waals surface area contributed by atoms with Crippen LogP contribution in [0.1, 0.15) is 15.9 Å². The Balaban J connectivity index is 1.85. The molecule has 0 fully saturated rings. The van der Waals surface area contributed by atoms with E-state index in [0.717, 1.165) is 12.1 Å². The average Bonchev–Trinajstić information content (AvgIpc) is 3.08. The van der Waals surface area contributed by atoms with Crippen LogP contribution in [-0.2, 0) is 6.18 Å². The smallest absolute Gasteiger partial charge is 0.340 e. The molecule has 0 aliphatic carbocycles. The van der Waals surface area contributed by atoms with Crippen molar-refractivity contribution >= 4 is 23.4 Å². The van der Waals surface area contributed by atoms with Gasteiger partial charge >= 0.3 is 6.18 Å². The van der Waals surface area contributed by atoms with Crippen molar-refractivity contribution in [2.75, 3.05) is 10.6 Å².